The van der Waals surface area contributed by atoms with Crippen molar-refractivity contribution in [3.8, 4) is 0 Å². The molecule has 0 unspecified atom stereocenters. The lowest BCUT2D eigenvalue weighted by atomic mass is 9.97. The molecule has 1 aliphatic carbocycles. The van der Waals surface area contributed by atoms with Gasteiger partial charge in [-0.2, -0.15) is 0 Å². The highest BCUT2D eigenvalue weighted by Gasteiger charge is 2.27. The first-order chi connectivity index (χ1) is 11.7. The third kappa shape index (κ3) is 4.15. The molecule has 5 nitrogen and oxygen atoms in total. The summed E-state index contributed by atoms with van der Waals surface area (Å²) in [7, 11) is 0. The summed E-state index contributed by atoms with van der Waals surface area (Å²) in [5.41, 5.74) is 1.29. The van der Waals surface area contributed by atoms with E-state index in [-0.39, 0.29) is 17.7 Å². The van der Waals surface area contributed by atoms with E-state index < -0.39 is 0 Å². The highest BCUT2D eigenvalue weighted by molar-refractivity contribution is 7.11. The van der Waals surface area contributed by atoms with Crippen LogP contribution in [0.2, 0.25) is 0 Å². The van der Waals surface area contributed by atoms with Gasteiger partial charge in [0.15, 0.2) is 0 Å². The summed E-state index contributed by atoms with van der Waals surface area (Å²) in [5, 5.41) is 4.20. The van der Waals surface area contributed by atoms with Crippen LogP contribution in [0.4, 0.5) is 0 Å². The molecule has 1 fully saturated rings. The van der Waals surface area contributed by atoms with E-state index in [0.29, 0.717) is 19.5 Å². The van der Waals surface area contributed by atoms with Crippen LogP contribution in [-0.4, -0.2) is 41.3 Å². The molecule has 2 amide bonds. The number of aryl methyl sites for hydroxylation is 2. The van der Waals surface area contributed by atoms with Crippen molar-refractivity contribution < 1.29 is 9.59 Å². The second-order valence-electron chi connectivity index (χ2n) is 6.76. The van der Waals surface area contributed by atoms with Gasteiger partial charge in [-0.05, 0) is 38.5 Å². The number of carbonyl (C=O) groups excluding carboxylic acids is 2. The number of nitrogens with one attached hydrogen (secondary N) is 1. The lowest BCUT2D eigenvalue weighted by Crippen LogP contribution is -2.45. The first-order valence-corrected chi connectivity index (χ1v) is 10.0. The topological polar surface area (TPSA) is 62.3 Å². The minimum Gasteiger partial charge on any atom is -0.355 e. The van der Waals surface area contributed by atoms with E-state index in [4.69, 9.17) is 4.98 Å². The average molecular weight is 350 g/mol. The van der Waals surface area contributed by atoms with Gasteiger partial charge in [-0.15, -0.1) is 11.3 Å². The maximum absolute atomic E-state index is 12.4. The van der Waals surface area contributed by atoms with Crippen molar-refractivity contribution in [2.45, 2.75) is 58.3 Å². The Morgan fingerprint density at radius 2 is 2.12 bits per heavy atom. The molecular formula is C18H27N3O2S. The Kier molecular flexibility index (Phi) is 5.87. The number of hydrogen-bond acceptors (Lipinski definition) is 4. The molecule has 2 aliphatic rings. The van der Waals surface area contributed by atoms with E-state index in [1.54, 1.807) is 0 Å². The fraction of sp³-hybridized carbons (Fsp3) is 0.722. The summed E-state index contributed by atoms with van der Waals surface area (Å²) in [5.74, 6) is 0.185. The first kappa shape index (κ1) is 17.4. The molecule has 1 aromatic rings. The van der Waals surface area contributed by atoms with Gasteiger partial charge in [0, 0.05) is 37.4 Å². The van der Waals surface area contributed by atoms with Crippen LogP contribution in [0.1, 0.15) is 54.6 Å². The van der Waals surface area contributed by atoms with E-state index in [0.717, 1.165) is 37.2 Å². The molecule has 6 heteroatoms. The molecule has 0 saturated carbocycles. The quantitative estimate of drug-likeness (QED) is 0.887. The molecule has 132 valence electrons. The maximum Gasteiger partial charge on any atom is 0.224 e. The van der Waals surface area contributed by atoms with Gasteiger partial charge in [0.1, 0.15) is 0 Å². The number of hydrogen-bond donors (Lipinski definition) is 1. The summed E-state index contributed by atoms with van der Waals surface area (Å²) >= 11 is 1.81. The number of rotatable bonds is 5. The number of thiazole rings is 1. The fourth-order valence-electron chi connectivity index (χ4n) is 3.59. The van der Waals surface area contributed by atoms with E-state index in [1.807, 2.05) is 23.2 Å². The minimum atomic E-state index is -0.0567. The Morgan fingerprint density at radius 3 is 2.92 bits per heavy atom. The fourth-order valence-corrected chi connectivity index (χ4v) is 4.75. The largest absolute Gasteiger partial charge is 0.355 e. The number of carbonyl (C=O) groups is 2. The minimum absolute atomic E-state index is 0.0567. The number of aromatic nitrogens is 1. The highest BCUT2D eigenvalue weighted by Crippen LogP contribution is 2.26. The van der Waals surface area contributed by atoms with Crippen LogP contribution in [0.3, 0.4) is 0 Å². The van der Waals surface area contributed by atoms with E-state index >= 15 is 0 Å². The van der Waals surface area contributed by atoms with Gasteiger partial charge < -0.3 is 10.2 Å². The number of nitrogens with zero attached hydrogens (tertiary/aromatic N) is 2. The first-order valence-electron chi connectivity index (χ1n) is 9.20. The third-order valence-electron chi connectivity index (χ3n) is 4.98. The van der Waals surface area contributed by atoms with E-state index in [2.05, 4.69) is 5.32 Å². The van der Waals surface area contributed by atoms with Crippen molar-refractivity contribution in [3.63, 3.8) is 0 Å². The number of amides is 2. The van der Waals surface area contributed by atoms with Crippen molar-refractivity contribution >= 4 is 23.2 Å². The molecule has 0 spiro atoms. The zero-order chi connectivity index (χ0) is 16.9. The summed E-state index contributed by atoms with van der Waals surface area (Å²) in [6.07, 6.45) is 7.94. The van der Waals surface area contributed by atoms with Crippen LogP contribution < -0.4 is 5.32 Å². The van der Waals surface area contributed by atoms with Crippen molar-refractivity contribution in [1.82, 2.24) is 15.2 Å². The maximum atomic E-state index is 12.4. The lowest BCUT2D eigenvalue weighted by Gasteiger charge is -2.31. The average Bonchev–Trinajstić information content (AvgIpc) is 3.03. The standard InChI is InChI=1S/C18H27N3O2S/c1-2-17(22)21-11-5-6-13(12-21)18(23)19-10-9-16-20-14-7-3-4-8-15(14)24-16/h13H,2-12H2,1H3,(H,19,23)/t13-/m1/s1. The van der Waals surface area contributed by atoms with Gasteiger partial charge in [0.2, 0.25) is 11.8 Å². The second-order valence-corrected chi connectivity index (χ2v) is 7.93. The molecule has 0 aromatic carbocycles. The van der Waals surface area contributed by atoms with Gasteiger partial charge in [-0.3, -0.25) is 9.59 Å². The van der Waals surface area contributed by atoms with Crippen LogP contribution in [0.15, 0.2) is 0 Å². The second kappa shape index (κ2) is 8.10. The Hall–Kier alpha value is -1.43. The molecule has 0 bridgehead atoms. The van der Waals surface area contributed by atoms with Crippen LogP contribution in [0, 0.1) is 5.92 Å². The molecule has 1 N–H and O–H groups in total. The molecule has 1 atom stereocenters. The van der Waals surface area contributed by atoms with Gasteiger partial charge in [0.05, 0.1) is 16.6 Å². The molecule has 1 saturated heterocycles. The van der Waals surface area contributed by atoms with Crippen molar-refractivity contribution in [2.75, 3.05) is 19.6 Å². The SMILES string of the molecule is CCC(=O)N1CCC[C@@H](C(=O)NCCc2nc3c(s2)CCCC3)C1. The summed E-state index contributed by atoms with van der Waals surface area (Å²) < 4.78 is 0. The molecule has 1 aliphatic heterocycles. The number of piperidine rings is 1. The van der Waals surface area contributed by atoms with Gasteiger partial charge in [-0.25, -0.2) is 4.98 Å². The smallest absolute Gasteiger partial charge is 0.224 e. The van der Waals surface area contributed by atoms with Gasteiger partial charge in [0.25, 0.3) is 0 Å². The van der Waals surface area contributed by atoms with Crippen molar-refractivity contribution in [3.05, 3.63) is 15.6 Å². The predicted octanol–water partition coefficient (Wildman–Crippen LogP) is 2.33. The van der Waals surface area contributed by atoms with Crippen molar-refractivity contribution in [2.24, 2.45) is 5.92 Å². The van der Waals surface area contributed by atoms with E-state index in [9.17, 15) is 9.59 Å². The van der Waals surface area contributed by atoms with Crippen LogP contribution in [-0.2, 0) is 28.9 Å². The lowest BCUT2D eigenvalue weighted by molar-refractivity contribution is -0.135. The Bertz CT molecular complexity index is 576. The van der Waals surface area contributed by atoms with Crippen molar-refractivity contribution in [1.29, 1.82) is 0 Å². The van der Waals surface area contributed by atoms with Gasteiger partial charge in [-0.1, -0.05) is 6.92 Å². The number of fused-ring (bicyclic) bond motifs is 1. The van der Waals surface area contributed by atoms with Crippen LogP contribution in [0.5, 0.6) is 0 Å². The predicted molar refractivity (Wildman–Crippen MR) is 95.1 cm³/mol. The molecular weight excluding hydrogens is 322 g/mol. The summed E-state index contributed by atoms with van der Waals surface area (Å²) in [6, 6.07) is 0. The molecule has 2 heterocycles. The zero-order valence-electron chi connectivity index (χ0n) is 14.5. The molecule has 3 rings (SSSR count). The summed E-state index contributed by atoms with van der Waals surface area (Å²) in [6.45, 7) is 3.88. The molecule has 1 aromatic heterocycles. The summed E-state index contributed by atoms with van der Waals surface area (Å²) in [4.78, 5) is 32.2. The Labute approximate surface area is 147 Å². The molecule has 0 radical (unpaired) electrons. The highest BCUT2D eigenvalue weighted by atomic mass is 32.1. The van der Waals surface area contributed by atoms with E-state index in [1.165, 1.54) is 29.8 Å². The molecule has 24 heavy (non-hydrogen) atoms. The number of likely N-dealkylation sites (tertiary alicyclic amines) is 1. The monoisotopic (exact) mass is 349 g/mol. The third-order valence-corrected chi connectivity index (χ3v) is 6.19. The van der Waals surface area contributed by atoms with Crippen LogP contribution >= 0.6 is 11.3 Å². The van der Waals surface area contributed by atoms with Crippen LogP contribution in [0.25, 0.3) is 0 Å². The normalized spacial score (nSPS) is 20.5. The Balaban J connectivity index is 1.45. The Morgan fingerprint density at radius 1 is 1.29 bits per heavy atom. The van der Waals surface area contributed by atoms with Gasteiger partial charge >= 0.3 is 0 Å². The zero-order valence-corrected chi connectivity index (χ0v) is 15.3.